The van der Waals surface area contributed by atoms with Crippen molar-refractivity contribution in [2.24, 2.45) is 0 Å². The Labute approximate surface area is 204 Å². The zero-order chi connectivity index (χ0) is 24.5. The molecule has 178 valence electrons. The van der Waals surface area contributed by atoms with Gasteiger partial charge in [0.25, 0.3) is 5.91 Å². The molecule has 0 fully saturated rings. The van der Waals surface area contributed by atoms with Crippen molar-refractivity contribution in [2.45, 2.75) is 33.1 Å². The van der Waals surface area contributed by atoms with Gasteiger partial charge >= 0.3 is 6.03 Å². The second-order valence-electron chi connectivity index (χ2n) is 7.97. The number of amides is 3. The van der Waals surface area contributed by atoms with Crippen LogP contribution in [0.25, 0.3) is 0 Å². The van der Waals surface area contributed by atoms with Crippen LogP contribution in [0.15, 0.2) is 72.8 Å². The number of benzene rings is 3. The van der Waals surface area contributed by atoms with E-state index in [1.54, 1.807) is 19.2 Å². The normalized spacial score (nSPS) is 10.5. The largest absolute Gasteiger partial charge is 0.489 e. The molecule has 0 unspecified atom stereocenters. The minimum absolute atomic E-state index is 0.0388. The molecular weight excluding hydrogens is 454 g/mol. The van der Waals surface area contributed by atoms with Crippen molar-refractivity contribution in [3.05, 3.63) is 94.5 Å². The van der Waals surface area contributed by atoms with Crippen molar-refractivity contribution in [1.29, 1.82) is 0 Å². The van der Waals surface area contributed by atoms with E-state index in [1.165, 1.54) is 11.0 Å². The number of halogens is 1. The highest BCUT2D eigenvalue weighted by Crippen LogP contribution is 2.26. The lowest BCUT2D eigenvalue weighted by molar-refractivity contribution is 0.0931. The van der Waals surface area contributed by atoms with Gasteiger partial charge in [-0.3, -0.25) is 10.2 Å². The Balaban J connectivity index is 1.50. The number of nitrogens with zero attached hydrogens (tertiary/aromatic N) is 1. The summed E-state index contributed by atoms with van der Waals surface area (Å²) in [5, 5.41) is 0.319. The average Bonchev–Trinajstić information content (AvgIpc) is 2.83. The molecule has 0 aliphatic rings. The number of hydrogen-bond acceptors (Lipinski definition) is 4. The number of urea groups is 1. The molecule has 3 amide bonds. The molecule has 0 aromatic heterocycles. The Morgan fingerprint density at radius 3 is 2.38 bits per heavy atom. The maximum absolute atomic E-state index is 12.4. The molecule has 0 bridgehead atoms. The molecule has 0 heterocycles. The molecule has 7 nitrogen and oxygen atoms in total. The summed E-state index contributed by atoms with van der Waals surface area (Å²) in [5.74, 6) is 0.716. The summed E-state index contributed by atoms with van der Waals surface area (Å²) in [6.07, 6.45) is -0.0388. The molecule has 0 atom stereocenters. The molecule has 0 aliphatic heterocycles. The molecule has 0 saturated heterocycles. The van der Waals surface area contributed by atoms with Gasteiger partial charge in [-0.25, -0.2) is 10.2 Å². The van der Waals surface area contributed by atoms with Crippen LogP contribution in [0.1, 0.15) is 35.3 Å². The molecule has 34 heavy (non-hydrogen) atoms. The van der Waals surface area contributed by atoms with Gasteiger partial charge in [-0.15, -0.1) is 0 Å². The van der Waals surface area contributed by atoms with Crippen LogP contribution in [0.5, 0.6) is 11.5 Å². The fraction of sp³-hybridized carbons (Fsp3) is 0.231. The quantitative estimate of drug-likeness (QED) is 0.434. The first-order chi connectivity index (χ1) is 16.3. The van der Waals surface area contributed by atoms with E-state index >= 15 is 0 Å². The number of ether oxygens (including phenoxy) is 2. The van der Waals surface area contributed by atoms with E-state index in [2.05, 4.69) is 10.9 Å². The van der Waals surface area contributed by atoms with Gasteiger partial charge in [0.2, 0.25) is 0 Å². The second kappa shape index (κ2) is 12.0. The SMILES string of the molecule is CC(C)Oc1ccc(C(=O)NNC(=O)N(C)Cc2cccc(OCc3ccccc3)c2)cc1Cl. The van der Waals surface area contributed by atoms with Crippen LogP contribution in [0.2, 0.25) is 5.02 Å². The summed E-state index contributed by atoms with van der Waals surface area (Å²) in [6.45, 7) is 4.56. The van der Waals surface area contributed by atoms with Crippen LogP contribution in [0.4, 0.5) is 4.79 Å². The highest BCUT2D eigenvalue weighted by Gasteiger charge is 2.14. The molecule has 3 aromatic rings. The van der Waals surface area contributed by atoms with Gasteiger partial charge in [-0.1, -0.05) is 54.1 Å². The van der Waals surface area contributed by atoms with Gasteiger partial charge in [0.05, 0.1) is 11.1 Å². The van der Waals surface area contributed by atoms with Gasteiger partial charge in [0.15, 0.2) is 0 Å². The van der Waals surface area contributed by atoms with Crippen molar-refractivity contribution in [3.8, 4) is 11.5 Å². The lowest BCUT2D eigenvalue weighted by Gasteiger charge is -2.19. The van der Waals surface area contributed by atoms with Gasteiger partial charge in [0.1, 0.15) is 18.1 Å². The number of carbonyl (C=O) groups excluding carboxylic acids is 2. The number of hydrazine groups is 1. The summed E-state index contributed by atoms with van der Waals surface area (Å²) in [5.41, 5.74) is 7.07. The van der Waals surface area contributed by atoms with Crippen molar-refractivity contribution in [3.63, 3.8) is 0 Å². The summed E-state index contributed by atoms with van der Waals surface area (Å²) < 4.78 is 11.4. The molecule has 0 aliphatic carbocycles. The van der Waals surface area contributed by atoms with Crippen molar-refractivity contribution in [2.75, 3.05) is 7.05 Å². The minimum Gasteiger partial charge on any atom is -0.489 e. The first kappa shape index (κ1) is 24.9. The van der Waals surface area contributed by atoms with E-state index in [0.29, 0.717) is 35.2 Å². The molecule has 3 aromatic carbocycles. The number of rotatable bonds is 8. The van der Waals surface area contributed by atoms with E-state index in [1.807, 2.05) is 68.4 Å². The topological polar surface area (TPSA) is 79.9 Å². The third-order valence-corrected chi connectivity index (χ3v) is 5.05. The minimum atomic E-state index is -0.490. The van der Waals surface area contributed by atoms with Crippen LogP contribution in [-0.2, 0) is 13.2 Å². The number of hydrogen-bond donors (Lipinski definition) is 2. The monoisotopic (exact) mass is 481 g/mol. The van der Waals surface area contributed by atoms with Gasteiger partial charge < -0.3 is 14.4 Å². The maximum atomic E-state index is 12.4. The van der Waals surface area contributed by atoms with Crippen LogP contribution >= 0.6 is 11.6 Å². The Morgan fingerprint density at radius 1 is 0.941 bits per heavy atom. The first-order valence-corrected chi connectivity index (χ1v) is 11.2. The average molecular weight is 482 g/mol. The van der Waals surface area contributed by atoms with Crippen molar-refractivity contribution < 1.29 is 19.1 Å². The Hall–Kier alpha value is -3.71. The first-order valence-electron chi connectivity index (χ1n) is 10.8. The standard InChI is InChI=1S/C26H28ClN3O4/c1-18(2)34-24-13-12-21(15-23(24)27)25(31)28-29-26(32)30(3)16-20-10-7-11-22(14-20)33-17-19-8-5-4-6-9-19/h4-15,18H,16-17H2,1-3H3,(H,28,31)(H,29,32). The van der Waals surface area contributed by atoms with E-state index in [9.17, 15) is 9.59 Å². The van der Waals surface area contributed by atoms with E-state index in [4.69, 9.17) is 21.1 Å². The van der Waals surface area contributed by atoms with Crippen LogP contribution in [-0.4, -0.2) is 30.0 Å². The predicted molar refractivity (Wildman–Crippen MR) is 132 cm³/mol. The predicted octanol–water partition coefficient (Wildman–Crippen LogP) is 5.19. The smallest absolute Gasteiger partial charge is 0.336 e. The fourth-order valence-electron chi connectivity index (χ4n) is 3.09. The van der Waals surface area contributed by atoms with E-state index in [-0.39, 0.29) is 6.10 Å². The number of nitrogens with one attached hydrogen (secondary N) is 2. The summed E-state index contributed by atoms with van der Waals surface area (Å²) in [4.78, 5) is 26.3. The lowest BCUT2D eigenvalue weighted by atomic mass is 10.2. The Morgan fingerprint density at radius 2 is 1.68 bits per heavy atom. The number of carbonyl (C=O) groups is 2. The van der Waals surface area contributed by atoms with Gasteiger partial charge in [-0.2, -0.15) is 0 Å². The van der Waals surface area contributed by atoms with Crippen LogP contribution < -0.4 is 20.3 Å². The Kier molecular flexibility index (Phi) is 8.76. The van der Waals surface area contributed by atoms with Crippen LogP contribution in [0, 0.1) is 0 Å². The molecule has 0 spiro atoms. The highest BCUT2D eigenvalue weighted by atomic mass is 35.5. The summed E-state index contributed by atoms with van der Waals surface area (Å²) >= 11 is 6.18. The maximum Gasteiger partial charge on any atom is 0.336 e. The molecule has 3 rings (SSSR count). The van der Waals surface area contributed by atoms with Gasteiger partial charge in [0, 0.05) is 19.2 Å². The van der Waals surface area contributed by atoms with E-state index < -0.39 is 11.9 Å². The zero-order valence-corrected chi connectivity index (χ0v) is 20.1. The molecule has 0 saturated carbocycles. The van der Waals surface area contributed by atoms with Crippen molar-refractivity contribution in [1.82, 2.24) is 15.8 Å². The van der Waals surface area contributed by atoms with E-state index in [0.717, 1.165) is 11.1 Å². The zero-order valence-electron chi connectivity index (χ0n) is 19.4. The Bertz CT molecular complexity index is 1120. The third kappa shape index (κ3) is 7.42. The highest BCUT2D eigenvalue weighted by molar-refractivity contribution is 6.32. The van der Waals surface area contributed by atoms with Crippen LogP contribution in [0.3, 0.4) is 0 Å². The van der Waals surface area contributed by atoms with Gasteiger partial charge in [-0.05, 0) is 55.3 Å². The second-order valence-corrected chi connectivity index (χ2v) is 8.38. The van der Waals surface area contributed by atoms with Crippen molar-refractivity contribution >= 4 is 23.5 Å². The summed E-state index contributed by atoms with van der Waals surface area (Å²) in [7, 11) is 1.63. The molecular formula is C26H28ClN3O4. The summed E-state index contributed by atoms with van der Waals surface area (Å²) in [6, 6.07) is 21.6. The lowest BCUT2D eigenvalue weighted by Crippen LogP contribution is -2.47. The third-order valence-electron chi connectivity index (χ3n) is 4.75. The molecule has 0 radical (unpaired) electrons. The molecule has 8 heteroatoms. The molecule has 2 N–H and O–H groups in total. The fourth-order valence-corrected chi connectivity index (χ4v) is 3.31.